The molecule has 4 aromatic rings. The first kappa shape index (κ1) is 26.9. The van der Waals surface area contributed by atoms with Crippen LogP contribution in [-0.2, 0) is 11.4 Å². The first-order chi connectivity index (χ1) is 19.0. The molecule has 0 aromatic heterocycles. The lowest BCUT2D eigenvalue weighted by molar-refractivity contribution is -0.127. The monoisotopic (exact) mass is 524 g/mol. The van der Waals surface area contributed by atoms with E-state index in [2.05, 4.69) is 10.5 Å². The van der Waals surface area contributed by atoms with Gasteiger partial charge in [0.1, 0.15) is 29.6 Å². The zero-order valence-corrected chi connectivity index (χ0v) is 21.6. The van der Waals surface area contributed by atoms with E-state index < -0.39 is 18.0 Å². The van der Waals surface area contributed by atoms with E-state index in [0.717, 1.165) is 5.56 Å². The fourth-order valence-corrected chi connectivity index (χ4v) is 3.39. The van der Waals surface area contributed by atoms with Gasteiger partial charge in [0.25, 0.3) is 5.91 Å². The first-order valence-electron chi connectivity index (χ1n) is 12.2. The highest BCUT2D eigenvalue weighted by molar-refractivity contribution is 5.91. The summed E-state index contributed by atoms with van der Waals surface area (Å²) in [7, 11) is 1.56. The summed E-state index contributed by atoms with van der Waals surface area (Å²) in [6.45, 7) is 2.10. The first-order valence-corrected chi connectivity index (χ1v) is 12.2. The molecule has 0 heterocycles. The number of ether oxygens (including phenoxy) is 4. The number of methoxy groups -OCH3 is 1. The van der Waals surface area contributed by atoms with Gasteiger partial charge < -0.3 is 18.9 Å². The van der Waals surface area contributed by atoms with Gasteiger partial charge in [0, 0.05) is 0 Å². The van der Waals surface area contributed by atoms with E-state index in [1.165, 1.54) is 6.21 Å². The SMILES string of the molecule is COc1ccc(C(=O)Oc2ccc(/C=N\NC(=O)[C@H](C)Oc3ccc(OCc4ccccc4)cc3)cc2)cc1. The number of nitrogens with one attached hydrogen (secondary N) is 1. The molecule has 0 saturated carbocycles. The third-order valence-corrected chi connectivity index (χ3v) is 5.56. The van der Waals surface area contributed by atoms with E-state index in [1.807, 2.05) is 30.3 Å². The van der Waals surface area contributed by atoms with Crippen LogP contribution in [-0.4, -0.2) is 31.3 Å². The van der Waals surface area contributed by atoms with Gasteiger partial charge in [-0.2, -0.15) is 5.10 Å². The van der Waals surface area contributed by atoms with Crippen molar-refractivity contribution in [2.75, 3.05) is 7.11 Å². The van der Waals surface area contributed by atoms with Gasteiger partial charge >= 0.3 is 5.97 Å². The molecule has 0 aliphatic rings. The minimum Gasteiger partial charge on any atom is -0.497 e. The number of hydrogen-bond acceptors (Lipinski definition) is 7. The van der Waals surface area contributed by atoms with Crippen LogP contribution in [0.1, 0.15) is 28.4 Å². The van der Waals surface area contributed by atoms with Crippen LogP contribution in [0.15, 0.2) is 108 Å². The second-order valence-corrected chi connectivity index (χ2v) is 8.43. The molecule has 0 bridgehead atoms. The van der Waals surface area contributed by atoms with E-state index >= 15 is 0 Å². The third kappa shape index (κ3) is 8.19. The van der Waals surface area contributed by atoms with Gasteiger partial charge in [0.15, 0.2) is 6.10 Å². The van der Waals surface area contributed by atoms with Crippen molar-refractivity contribution in [1.82, 2.24) is 5.43 Å². The Morgan fingerprint density at radius 1 is 0.795 bits per heavy atom. The smallest absolute Gasteiger partial charge is 0.343 e. The maximum Gasteiger partial charge on any atom is 0.343 e. The predicted octanol–water partition coefficient (Wildman–Crippen LogP) is 5.41. The Hall–Kier alpha value is -5.11. The molecule has 198 valence electrons. The van der Waals surface area contributed by atoms with Crippen molar-refractivity contribution in [3.8, 4) is 23.0 Å². The quantitative estimate of drug-likeness (QED) is 0.122. The number of carbonyl (C=O) groups is 2. The average Bonchev–Trinajstić information content (AvgIpc) is 2.98. The highest BCUT2D eigenvalue weighted by atomic mass is 16.5. The van der Waals surface area contributed by atoms with Gasteiger partial charge in [-0.3, -0.25) is 4.79 Å². The number of hydrogen-bond donors (Lipinski definition) is 1. The van der Waals surface area contributed by atoms with Gasteiger partial charge in [-0.05, 0) is 90.8 Å². The molecule has 0 unspecified atom stereocenters. The van der Waals surface area contributed by atoms with Crippen molar-refractivity contribution >= 4 is 18.1 Å². The average molecular weight is 525 g/mol. The molecule has 4 rings (SSSR count). The van der Waals surface area contributed by atoms with Crippen molar-refractivity contribution in [3.05, 3.63) is 120 Å². The van der Waals surface area contributed by atoms with Crippen LogP contribution in [0.25, 0.3) is 0 Å². The molecule has 0 saturated heterocycles. The standard InChI is InChI=1S/C31H28N2O6/c1-22(38-28-18-16-27(17-19-28)37-21-24-6-4-3-5-7-24)30(34)33-32-20-23-8-12-29(13-9-23)39-31(35)25-10-14-26(36-2)15-11-25/h3-20,22H,21H2,1-2H3,(H,33,34)/b32-20-/t22-/m0/s1. The van der Waals surface area contributed by atoms with Crippen LogP contribution in [0, 0.1) is 0 Å². The van der Waals surface area contributed by atoms with Gasteiger partial charge in [0.05, 0.1) is 18.9 Å². The number of benzene rings is 4. The van der Waals surface area contributed by atoms with Crippen LogP contribution in [0.2, 0.25) is 0 Å². The molecular formula is C31H28N2O6. The maximum atomic E-state index is 12.4. The number of esters is 1. The van der Waals surface area contributed by atoms with Crippen LogP contribution in [0.4, 0.5) is 0 Å². The van der Waals surface area contributed by atoms with Crippen LogP contribution in [0.3, 0.4) is 0 Å². The van der Waals surface area contributed by atoms with Crippen molar-refractivity contribution in [2.45, 2.75) is 19.6 Å². The lowest BCUT2D eigenvalue weighted by Crippen LogP contribution is -2.33. The Labute approximate surface area is 226 Å². The highest BCUT2D eigenvalue weighted by Crippen LogP contribution is 2.20. The zero-order chi connectivity index (χ0) is 27.5. The van der Waals surface area contributed by atoms with Crippen molar-refractivity contribution < 1.29 is 28.5 Å². The summed E-state index contributed by atoms with van der Waals surface area (Å²) < 4.78 is 21.9. The predicted molar refractivity (Wildman–Crippen MR) is 147 cm³/mol. The number of hydrazone groups is 1. The minimum absolute atomic E-state index is 0.385. The van der Waals surface area contributed by atoms with E-state index in [-0.39, 0.29) is 0 Å². The normalized spacial score (nSPS) is 11.4. The molecule has 0 radical (unpaired) electrons. The summed E-state index contributed by atoms with van der Waals surface area (Å²) >= 11 is 0. The lowest BCUT2D eigenvalue weighted by Gasteiger charge is -2.13. The van der Waals surface area contributed by atoms with E-state index in [1.54, 1.807) is 86.8 Å². The number of nitrogens with zero attached hydrogens (tertiary/aromatic N) is 1. The Morgan fingerprint density at radius 3 is 2.08 bits per heavy atom. The van der Waals surface area contributed by atoms with Crippen molar-refractivity contribution in [1.29, 1.82) is 0 Å². The zero-order valence-electron chi connectivity index (χ0n) is 21.6. The molecule has 8 heteroatoms. The molecule has 0 spiro atoms. The summed E-state index contributed by atoms with van der Waals surface area (Å²) in [5.74, 6) is 1.40. The molecular weight excluding hydrogens is 496 g/mol. The Balaban J connectivity index is 1.21. The van der Waals surface area contributed by atoms with E-state index in [0.29, 0.717) is 40.7 Å². The van der Waals surface area contributed by atoms with E-state index in [9.17, 15) is 9.59 Å². The molecule has 0 fully saturated rings. The second kappa shape index (κ2) is 13.4. The Bertz CT molecular complexity index is 1390. The Morgan fingerprint density at radius 2 is 1.41 bits per heavy atom. The third-order valence-electron chi connectivity index (χ3n) is 5.56. The van der Waals surface area contributed by atoms with Gasteiger partial charge in [-0.15, -0.1) is 0 Å². The topological polar surface area (TPSA) is 95.5 Å². The van der Waals surface area contributed by atoms with Gasteiger partial charge in [0.2, 0.25) is 0 Å². The van der Waals surface area contributed by atoms with Crippen LogP contribution >= 0.6 is 0 Å². The lowest BCUT2D eigenvalue weighted by atomic mass is 10.2. The molecule has 39 heavy (non-hydrogen) atoms. The number of amides is 1. The molecule has 4 aromatic carbocycles. The van der Waals surface area contributed by atoms with Gasteiger partial charge in [-0.25, -0.2) is 10.2 Å². The number of carbonyl (C=O) groups excluding carboxylic acids is 2. The second-order valence-electron chi connectivity index (χ2n) is 8.43. The summed E-state index contributed by atoms with van der Waals surface area (Å²) in [6, 6.07) is 30.3. The molecule has 0 aliphatic carbocycles. The molecule has 1 atom stereocenters. The number of rotatable bonds is 11. The summed E-state index contributed by atoms with van der Waals surface area (Å²) in [5, 5.41) is 3.98. The van der Waals surface area contributed by atoms with Crippen LogP contribution in [0.5, 0.6) is 23.0 Å². The van der Waals surface area contributed by atoms with Gasteiger partial charge in [-0.1, -0.05) is 30.3 Å². The fourth-order valence-electron chi connectivity index (χ4n) is 3.39. The van der Waals surface area contributed by atoms with Crippen LogP contribution < -0.4 is 24.4 Å². The molecule has 0 aliphatic heterocycles. The summed E-state index contributed by atoms with van der Waals surface area (Å²) in [4.78, 5) is 24.7. The molecule has 1 N–H and O–H groups in total. The molecule has 1 amide bonds. The minimum atomic E-state index is -0.766. The van der Waals surface area contributed by atoms with Crippen molar-refractivity contribution in [3.63, 3.8) is 0 Å². The largest absolute Gasteiger partial charge is 0.497 e. The van der Waals surface area contributed by atoms with Crippen molar-refractivity contribution in [2.24, 2.45) is 5.10 Å². The maximum absolute atomic E-state index is 12.4. The summed E-state index contributed by atoms with van der Waals surface area (Å²) in [6.07, 6.45) is 0.719. The fraction of sp³-hybridized carbons (Fsp3) is 0.129. The highest BCUT2D eigenvalue weighted by Gasteiger charge is 2.14. The molecule has 8 nitrogen and oxygen atoms in total. The Kier molecular flexibility index (Phi) is 9.28. The van der Waals surface area contributed by atoms with E-state index in [4.69, 9.17) is 18.9 Å². The summed E-state index contributed by atoms with van der Waals surface area (Å²) in [5.41, 5.74) is 4.66.